The van der Waals surface area contributed by atoms with Gasteiger partial charge in [-0.1, -0.05) is 12.8 Å². The van der Waals surface area contributed by atoms with Gasteiger partial charge in [0.25, 0.3) is 0 Å². The van der Waals surface area contributed by atoms with E-state index in [4.69, 9.17) is 4.84 Å². The van der Waals surface area contributed by atoms with Gasteiger partial charge in [0.05, 0.1) is 6.61 Å². The number of nitrogens with one attached hydrogen (secondary N) is 2. The summed E-state index contributed by atoms with van der Waals surface area (Å²) in [5.74, 6) is 0.520. The van der Waals surface area contributed by atoms with Crippen molar-refractivity contribution in [3.05, 3.63) is 0 Å². The molecule has 0 bridgehead atoms. The molecule has 14 heavy (non-hydrogen) atoms. The summed E-state index contributed by atoms with van der Waals surface area (Å²) in [4.78, 5) is 16.1. The summed E-state index contributed by atoms with van der Waals surface area (Å²) in [7, 11) is 1.76. The average Bonchev–Trinajstić information content (AvgIpc) is 2.16. The Balaban J connectivity index is 2.37. The van der Waals surface area contributed by atoms with E-state index < -0.39 is 0 Å². The van der Waals surface area contributed by atoms with Crippen molar-refractivity contribution in [2.75, 3.05) is 13.7 Å². The molecule has 1 fully saturated rings. The number of hydrogen-bond donors (Lipinski definition) is 2. The molecule has 1 aliphatic carbocycles. The molecule has 0 radical (unpaired) electrons. The quantitative estimate of drug-likeness (QED) is 0.661. The monoisotopic (exact) mass is 200 g/mol. The summed E-state index contributed by atoms with van der Waals surface area (Å²) < 4.78 is 0. The van der Waals surface area contributed by atoms with Gasteiger partial charge in [-0.2, -0.15) is 0 Å². The maximum absolute atomic E-state index is 11.0. The molecule has 4 nitrogen and oxygen atoms in total. The molecule has 2 atom stereocenters. The molecule has 82 valence electrons. The predicted molar refractivity (Wildman–Crippen MR) is 54.6 cm³/mol. The van der Waals surface area contributed by atoms with Gasteiger partial charge in [-0.3, -0.25) is 4.79 Å². The number of amides is 1. The fraction of sp³-hybridized carbons (Fsp3) is 0.900. The lowest BCUT2D eigenvalue weighted by Gasteiger charge is -2.31. The lowest BCUT2D eigenvalue weighted by atomic mass is 9.85. The van der Waals surface area contributed by atoms with Crippen molar-refractivity contribution in [2.45, 2.75) is 38.6 Å². The second-order valence-electron chi connectivity index (χ2n) is 3.87. The van der Waals surface area contributed by atoms with Crippen molar-refractivity contribution in [3.8, 4) is 0 Å². The van der Waals surface area contributed by atoms with Gasteiger partial charge in [0, 0.05) is 25.9 Å². The number of carbonyl (C=O) groups is 1. The van der Waals surface area contributed by atoms with Gasteiger partial charge in [-0.25, -0.2) is 5.48 Å². The highest BCUT2D eigenvalue weighted by Gasteiger charge is 2.25. The number of rotatable bonds is 4. The Morgan fingerprint density at radius 3 is 2.79 bits per heavy atom. The summed E-state index contributed by atoms with van der Waals surface area (Å²) in [5.41, 5.74) is 2.68. The highest BCUT2D eigenvalue weighted by atomic mass is 16.6. The number of hydrogen-bond acceptors (Lipinski definition) is 3. The molecule has 2 unspecified atom stereocenters. The molecular formula is C10H20N2O2. The van der Waals surface area contributed by atoms with E-state index in [1.165, 1.54) is 12.8 Å². The first-order valence-electron chi connectivity index (χ1n) is 5.29. The summed E-state index contributed by atoms with van der Waals surface area (Å²) >= 11 is 0. The van der Waals surface area contributed by atoms with Gasteiger partial charge >= 0.3 is 0 Å². The minimum atomic E-state index is 0.0614. The molecule has 4 heteroatoms. The van der Waals surface area contributed by atoms with Gasteiger partial charge in [0.1, 0.15) is 0 Å². The predicted octanol–water partition coefficient (Wildman–Crippen LogP) is 0.832. The molecule has 0 aromatic heterocycles. The molecule has 1 amide bonds. The minimum absolute atomic E-state index is 0.0614. The third-order valence-corrected chi connectivity index (χ3v) is 2.74. The maximum Gasteiger partial charge on any atom is 0.217 e. The van der Waals surface area contributed by atoms with Gasteiger partial charge in [0.2, 0.25) is 5.91 Å². The van der Waals surface area contributed by atoms with Crippen LogP contribution in [0.3, 0.4) is 0 Å². The lowest BCUT2D eigenvalue weighted by Crippen LogP contribution is -2.43. The average molecular weight is 200 g/mol. The lowest BCUT2D eigenvalue weighted by molar-refractivity contribution is -0.120. The van der Waals surface area contributed by atoms with Crippen LogP contribution < -0.4 is 10.8 Å². The zero-order chi connectivity index (χ0) is 10.4. The zero-order valence-electron chi connectivity index (χ0n) is 9.01. The Kier molecular flexibility index (Phi) is 4.90. The van der Waals surface area contributed by atoms with Crippen LogP contribution in [0, 0.1) is 5.92 Å². The highest BCUT2D eigenvalue weighted by molar-refractivity contribution is 5.73. The second kappa shape index (κ2) is 5.98. The van der Waals surface area contributed by atoms with Gasteiger partial charge in [-0.05, 0) is 12.8 Å². The Hall–Kier alpha value is -0.610. The topological polar surface area (TPSA) is 50.4 Å². The standard InChI is InChI=1S/C10H20N2O2/c1-8(13)12-10-6-4-3-5-9(10)7-14-11-2/h9-11H,3-7H2,1-2H3,(H,12,13). The third-order valence-electron chi connectivity index (χ3n) is 2.74. The van der Waals surface area contributed by atoms with Crippen LogP contribution >= 0.6 is 0 Å². The van der Waals surface area contributed by atoms with Crippen LogP contribution in [0.5, 0.6) is 0 Å². The largest absolute Gasteiger partial charge is 0.353 e. The molecule has 2 N–H and O–H groups in total. The summed E-state index contributed by atoms with van der Waals surface area (Å²) in [6.07, 6.45) is 4.68. The molecule has 1 aliphatic rings. The van der Waals surface area contributed by atoms with E-state index in [9.17, 15) is 4.79 Å². The van der Waals surface area contributed by atoms with Crippen LogP contribution in [0.25, 0.3) is 0 Å². The van der Waals surface area contributed by atoms with Crippen LogP contribution in [0.2, 0.25) is 0 Å². The van der Waals surface area contributed by atoms with E-state index in [0.29, 0.717) is 18.6 Å². The molecule has 0 spiro atoms. The number of carbonyl (C=O) groups excluding carboxylic acids is 1. The van der Waals surface area contributed by atoms with E-state index in [2.05, 4.69) is 10.8 Å². The van der Waals surface area contributed by atoms with Crippen LogP contribution in [0.1, 0.15) is 32.6 Å². The van der Waals surface area contributed by atoms with Gasteiger partial charge in [0.15, 0.2) is 0 Å². The molecule has 0 heterocycles. The SMILES string of the molecule is CNOCC1CCCCC1NC(C)=O. The molecular weight excluding hydrogens is 180 g/mol. The van der Waals surface area contributed by atoms with E-state index in [1.54, 1.807) is 14.0 Å². The highest BCUT2D eigenvalue weighted by Crippen LogP contribution is 2.24. The first-order valence-corrected chi connectivity index (χ1v) is 5.29. The Bertz CT molecular complexity index is 185. The summed E-state index contributed by atoms with van der Waals surface area (Å²) in [5, 5.41) is 2.99. The van der Waals surface area contributed by atoms with Gasteiger partial charge < -0.3 is 10.2 Å². The van der Waals surface area contributed by atoms with Crippen LogP contribution in [-0.2, 0) is 9.63 Å². The fourth-order valence-corrected chi connectivity index (χ4v) is 2.05. The molecule has 0 saturated heterocycles. The first kappa shape index (κ1) is 11.5. The maximum atomic E-state index is 11.0. The van der Waals surface area contributed by atoms with Crippen molar-refractivity contribution in [3.63, 3.8) is 0 Å². The second-order valence-corrected chi connectivity index (χ2v) is 3.87. The van der Waals surface area contributed by atoms with Crippen molar-refractivity contribution in [1.82, 2.24) is 10.8 Å². The smallest absolute Gasteiger partial charge is 0.217 e. The Morgan fingerprint density at radius 1 is 1.43 bits per heavy atom. The van der Waals surface area contributed by atoms with Crippen molar-refractivity contribution >= 4 is 5.91 Å². The van der Waals surface area contributed by atoms with Crippen LogP contribution in [0.4, 0.5) is 0 Å². The van der Waals surface area contributed by atoms with Crippen LogP contribution in [0.15, 0.2) is 0 Å². The van der Waals surface area contributed by atoms with E-state index >= 15 is 0 Å². The van der Waals surface area contributed by atoms with E-state index in [1.807, 2.05) is 0 Å². The molecule has 0 aromatic carbocycles. The van der Waals surface area contributed by atoms with Crippen LogP contribution in [-0.4, -0.2) is 25.6 Å². The molecule has 0 aromatic rings. The fourth-order valence-electron chi connectivity index (χ4n) is 2.05. The molecule has 0 aliphatic heterocycles. The third kappa shape index (κ3) is 3.64. The van der Waals surface area contributed by atoms with Crippen molar-refractivity contribution in [2.24, 2.45) is 5.92 Å². The van der Waals surface area contributed by atoms with Crippen molar-refractivity contribution < 1.29 is 9.63 Å². The first-order chi connectivity index (χ1) is 6.74. The number of hydroxylamine groups is 1. The molecule has 1 rings (SSSR count). The molecule has 1 saturated carbocycles. The Labute approximate surface area is 85.3 Å². The van der Waals surface area contributed by atoms with Gasteiger partial charge in [-0.15, -0.1) is 0 Å². The van der Waals surface area contributed by atoms with Crippen molar-refractivity contribution in [1.29, 1.82) is 0 Å². The normalized spacial score (nSPS) is 27.3. The Morgan fingerprint density at radius 2 is 2.14 bits per heavy atom. The van der Waals surface area contributed by atoms with E-state index in [-0.39, 0.29) is 5.91 Å². The van der Waals surface area contributed by atoms with E-state index in [0.717, 1.165) is 12.8 Å². The zero-order valence-corrected chi connectivity index (χ0v) is 9.01. The minimum Gasteiger partial charge on any atom is -0.353 e. The summed E-state index contributed by atoms with van der Waals surface area (Å²) in [6.45, 7) is 2.26. The summed E-state index contributed by atoms with van der Waals surface area (Å²) in [6, 6.07) is 0.301.